The first kappa shape index (κ1) is 14.4. The van der Waals surface area contributed by atoms with Crippen molar-refractivity contribution in [3.05, 3.63) is 0 Å². The van der Waals surface area contributed by atoms with E-state index in [1.807, 2.05) is 25.8 Å². The molecule has 2 unspecified atom stereocenters. The Kier molecular flexibility index (Phi) is 5.24. The maximum Gasteiger partial charge on any atom is 0.309 e. The number of likely N-dealkylation sites (N-methyl/N-ethyl adjacent to an activating group) is 1. The normalized spacial score (nSPS) is 16.3. The molecule has 0 aromatic rings. The largest absolute Gasteiger partial charge is 0.469 e. The van der Waals surface area contributed by atoms with Crippen molar-refractivity contribution >= 4 is 5.97 Å². The van der Waals surface area contributed by atoms with Crippen molar-refractivity contribution < 1.29 is 14.6 Å². The minimum absolute atomic E-state index is 0.0453. The van der Waals surface area contributed by atoms with Crippen LogP contribution in [-0.4, -0.2) is 48.3 Å². The molecule has 0 heterocycles. The van der Waals surface area contributed by atoms with Crippen molar-refractivity contribution in [1.82, 2.24) is 4.90 Å². The summed E-state index contributed by atoms with van der Waals surface area (Å²) in [5, 5.41) is 9.66. The van der Waals surface area contributed by atoms with E-state index in [0.717, 1.165) is 0 Å². The number of carbonyl (C=O) groups is 1. The Balaban J connectivity index is 4.31. The fraction of sp³-hybridized carbons (Fsp3) is 0.909. The molecule has 0 rings (SSSR count). The molecule has 0 amide bonds. The lowest BCUT2D eigenvalue weighted by molar-refractivity contribution is -0.147. The summed E-state index contributed by atoms with van der Waals surface area (Å²) < 4.78 is 4.69. The van der Waals surface area contributed by atoms with Crippen molar-refractivity contribution in [1.29, 1.82) is 0 Å². The fourth-order valence-electron chi connectivity index (χ4n) is 1.52. The van der Waals surface area contributed by atoms with Gasteiger partial charge in [-0.05, 0) is 27.8 Å². The van der Waals surface area contributed by atoms with E-state index in [1.165, 1.54) is 7.11 Å². The van der Waals surface area contributed by atoms with Crippen LogP contribution in [0.5, 0.6) is 0 Å². The number of hydrogen-bond donors (Lipinski definition) is 1. The quantitative estimate of drug-likeness (QED) is 0.695. The predicted molar refractivity (Wildman–Crippen MR) is 59.6 cm³/mol. The average molecular weight is 217 g/mol. The zero-order valence-electron chi connectivity index (χ0n) is 10.6. The maximum atomic E-state index is 11.3. The molecule has 1 N–H and O–H groups in total. The summed E-state index contributed by atoms with van der Waals surface area (Å²) in [7, 11) is 3.28. The zero-order valence-corrected chi connectivity index (χ0v) is 10.6. The van der Waals surface area contributed by atoms with Crippen LogP contribution in [0.4, 0.5) is 0 Å². The van der Waals surface area contributed by atoms with Gasteiger partial charge in [0, 0.05) is 12.6 Å². The number of aliphatic hydroxyl groups is 1. The van der Waals surface area contributed by atoms with Gasteiger partial charge in [0.05, 0.1) is 18.6 Å². The van der Waals surface area contributed by atoms with Gasteiger partial charge in [0.15, 0.2) is 0 Å². The Morgan fingerprint density at radius 1 is 1.47 bits per heavy atom. The minimum Gasteiger partial charge on any atom is -0.469 e. The highest BCUT2D eigenvalue weighted by atomic mass is 16.5. The second-order valence-corrected chi connectivity index (χ2v) is 4.78. The van der Waals surface area contributed by atoms with Crippen LogP contribution in [0.25, 0.3) is 0 Å². The molecule has 0 saturated heterocycles. The van der Waals surface area contributed by atoms with Gasteiger partial charge in [-0.15, -0.1) is 0 Å². The van der Waals surface area contributed by atoms with Gasteiger partial charge in [-0.1, -0.05) is 6.92 Å². The standard InChI is InChI=1S/C11H23NO3/c1-8(10(13)15-6)9(2)12(5)7-11(3,4)14/h8-9,14H,7H2,1-6H3. The molecule has 2 atom stereocenters. The summed E-state index contributed by atoms with van der Waals surface area (Å²) in [5.74, 6) is -0.410. The first-order valence-electron chi connectivity index (χ1n) is 5.19. The summed E-state index contributed by atoms with van der Waals surface area (Å²) in [6.45, 7) is 7.80. The van der Waals surface area contributed by atoms with Crippen LogP contribution in [0.3, 0.4) is 0 Å². The van der Waals surface area contributed by atoms with Crippen LogP contribution in [0.2, 0.25) is 0 Å². The maximum absolute atomic E-state index is 11.3. The lowest BCUT2D eigenvalue weighted by Gasteiger charge is -2.32. The minimum atomic E-state index is -0.751. The Hall–Kier alpha value is -0.610. The van der Waals surface area contributed by atoms with E-state index in [1.54, 1.807) is 13.8 Å². The van der Waals surface area contributed by atoms with Gasteiger partial charge < -0.3 is 14.7 Å². The first-order chi connectivity index (χ1) is 6.69. The fourth-order valence-corrected chi connectivity index (χ4v) is 1.52. The predicted octanol–water partition coefficient (Wildman–Crippen LogP) is 0.887. The second kappa shape index (κ2) is 5.47. The van der Waals surface area contributed by atoms with Crippen molar-refractivity contribution in [3.63, 3.8) is 0 Å². The number of rotatable bonds is 5. The molecule has 4 nitrogen and oxygen atoms in total. The molecule has 15 heavy (non-hydrogen) atoms. The molecule has 0 aromatic carbocycles. The monoisotopic (exact) mass is 217 g/mol. The lowest BCUT2D eigenvalue weighted by atomic mass is 10.0. The van der Waals surface area contributed by atoms with E-state index in [0.29, 0.717) is 6.54 Å². The third kappa shape index (κ3) is 5.14. The molecule has 0 bridgehead atoms. The Bertz CT molecular complexity index is 210. The van der Waals surface area contributed by atoms with Crippen LogP contribution in [0.1, 0.15) is 27.7 Å². The zero-order chi connectivity index (χ0) is 12.2. The van der Waals surface area contributed by atoms with E-state index in [-0.39, 0.29) is 17.9 Å². The van der Waals surface area contributed by atoms with Gasteiger partial charge in [-0.2, -0.15) is 0 Å². The third-order valence-corrected chi connectivity index (χ3v) is 2.63. The number of hydrogen-bond acceptors (Lipinski definition) is 4. The van der Waals surface area contributed by atoms with Gasteiger partial charge in [-0.3, -0.25) is 4.79 Å². The highest BCUT2D eigenvalue weighted by molar-refractivity contribution is 5.72. The SMILES string of the molecule is COC(=O)C(C)C(C)N(C)CC(C)(C)O. The highest BCUT2D eigenvalue weighted by Crippen LogP contribution is 2.14. The van der Waals surface area contributed by atoms with Crippen molar-refractivity contribution in [2.45, 2.75) is 39.3 Å². The Morgan fingerprint density at radius 2 is 1.93 bits per heavy atom. The molecule has 0 aromatic heterocycles. The second-order valence-electron chi connectivity index (χ2n) is 4.78. The van der Waals surface area contributed by atoms with Crippen LogP contribution < -0.4 is 0 Å². The number of esters is 1. The number of nitrogens with zero attached hydrogens (tertiary/aromatic N) is 1. The van der Waals surface area contributed by atoms with E-state index in [2.05, 4.69) is 4.74 Å². The molecule has 0 aliphatic heterocycles. The van der Waals surface area contributed by atoms with Gasteiger partial charge in [0.2, 0.25) is 0 Å². The molecule has 0 saturated carbocycles. The topological polar surface area (TPSA) is 49.8 Å². The van der Waals surface area contributed by atoms with Crippen LogP contribution >= 0.6 is 0 Å². The summed E-state index contributed by atoms with van der Waals surface area (Å²) in [6, 6.07) is 0.0453. The van der Waals surface area contributed by atoms with Crippen LogP contribution in [-0.2, 0) is 9.53 Å². The molecule has 0 spiro atoms. The summed E-state index contributed by atoms with van der Waals surface area (Å²) in [5.41, 5.74) is -0.751. The lowest BCUT2D eigenvalue weighted by Crippen LogP contribution is -2.45. The molecule has 0 radical (unpaired) electrons. The molecule has 4 heteroatoms. The van der Waals surface area contributed by atoms with Gasteiger partial charge in [0.25, 0.3) is 0 Å². The van der Waals surface area contributed by atoms with E-state index in [4.69, 9.17) is 0 Å². The summed E-state index contributed by atoms with van der Waals surface area (Å²) >= 11 is 0. The smallest absolute Gasteiger partial charge is 0.309 e. The number of methoxy groups -OCH3 is 1. The first-order valence-corrected chi connectivity index (χ1v) is 5.19. The molecular weight excluding hydrogens is 194 g/mol. The third-order valence-electron chi connectivity index (χ3n) is 2.63. The molecule has 0 fully saturated rings. The van der Waals surface area contributed by atoms with Gasteiger partial charge in [0.1, 0.15) is 0 Å². The van der Waals surface area contributed by atoms with Crippen molar-refractivity contribution in [2.75, 3.05) is 20.7 Å². The van der Waals surface area contributed by atoms with E-state index >= 15 is 0 Å². The summed E-state index contributed by atoms with van der Waals surface area (Å²) in [4.78, 5) is 13.3. The molecule has 0 aliphatic rings. The number of carbonyl (C=O) groups excluding carboxylic acids is 1. The van der Waals surface area contributed by atoms with Gasteiger partial charge in [-0.25, -0.2) is 0 Å². The average Bonchev–Trinajstić information content (AvgIpc) is 2.11. The van der Waals surface area contributed by atoms with Crippen molar-refractivity contribution in [3.8, 4) is 0 Å². The Labute approximate surface area is 92.2 Å². The van der Waals surface area contributed by atoms with E-state index < -0.39 is 5.60 Å². The van der Waals surface area contributed by atoms with Crippen LogP contribution in [0, 0.1) is 5.92 Å². The van der Waals surface area contributed by atoms with Gasteiger partial charge >= 0.3 is 5.97 Å². The van der Waals surface area contributed by atoms with Crippen LogP contribution in [0.15, 0.2) is 0 Å². The van der Waals surface area contributed by atoms with Crippen molar-refractivity contribution in [2.24, 2.45) is 5.92 Å². The van der Waals surface area contributed by atoms with E-state index in [9.17, 15) is 9.90 Å². The number of ether oxygens (including phenoxy) is 1. The molecular formula is C11H23NO3. The highest BCUT2D eigenvalue weighted by Gasteiger charge is 2.27. The molecule has 90 valence electrons. The molecule has 0 aliphatic carbocycles. The summed E-state index contributed by atoms with van der Waals surface area (Å²) in [6.07, 6.45) is 0. The Morgan fingerprint density at radius 3 is 2.27 bits per heavy atom.